The molecule has 0 radical (unpaired) electrons. The van der Waals surface area contributed by atoms with Crippen molar-refractivity contribution in [2.24, 2.45) is 5.84 Å². The van der Waals surface area contributed by atoms with Gasteiger partial charge in [0.25, 0.3) is 0 Å². The quantitative estimate of drug-likeness (QED) is 0.216. The lowest BCUT2D eigenvalue weighted by molar-refractivity contribution is 1.37. The van der Waals surface area contributed by atoms with Crippen LogP contribution in [0, 0.1) is 0 Å². The van der Waals surface area contributed by atoms with E-state index >= 15 is 0 Å². The van der Waals surface area contributed by atoms with Crippen LogP contribution >= 0.6 is 0 Å². The maximum Gasteiger partial charge on any atom is 0.0570 e. The van der Waals surface area contributed by atoms with Crippen LogP contribution in [0.3, 0.4) is 0 Å². The predicted molar refractivity (Wildman–Crippen MR) is 120 cm³/mol. The lowest BCUT2D eigenvalue weighted by atomic mass is 9.88. The van der Waals surface area contributed by atoms with E-state index in [0.29, 0.717) is 0 Å². The van der Waals surface area contributed by atoms with Crippen LogP contribution in [0.2, 0.25) is 0 Å². The van der Waals surface area contributed by atoms with Gasteiger partial charge in [-0.3, -0.25) is 5.84 Å². The van der Waals surface area contributed by atoms with Gasteiger partial charge in [0, 0.05) is 5.39 Å². The highest BCUT2D eigenvalue weighted by Gasteiger charge is 2.15. The van der Waals surface area contributed by atoms with Crippen molar-refractivity contribution in [2.45, 2.75) is 0 Å². The maximum absolute atomic E-state index is 5.89. The minimum atomic E-state index is 0.936. The first-order valence-electron chi connectivity index (χ1n) is 9.43. The molecular weight excluding hydrogens is 340 g/mol. The minimum absolute atomic E-state index is 0.936. The summed E-state index contributed by atoms with van der Waals surface area (Å²) in [5.41, 5.74) is 8.69. The van der Waals surface area contributed by atoms with E-state index in [2.05, 4.69) is 102 Å². The number of hydrogen-bond acceptors (Lipinski definition) is 2. The van der Waals surface area contributed by atoms with Crippen molar-refractivity contribution in [1.29, 1.82) is 0 Å². The highest BCUT2D eigenvalue weighted by molar-refractivity contribution is 6.18. The standard InChI is InChI=1S/C26H20N2/c27-28-25-17-24-22(21-13-7-8-14-23(21)25)16-15-20(18-9-3-1-4-10-18)26(24)19-11-5-2-6-12-19/h1-17,28H,27H2. The molecule has 0 spiro atoms. The van der Waals surface area contributed by atoms with E-state index < -0.39 is 0 Å². The first-order valence-corrected chi connectivity index (χ1v) is 9.43. The molecular formula is C26H20N2. The Hall–Kier alpha value is -3.62. The number of hydrazine groups is 1. The van der Waals surface area contributed by atoms with Crippen molar-refractivity contribution in [3.05, 3.63) is 103 Å². The van der Waals surface area contributed by atoms with Gasteiger partial charge < -0.3 is 5.43 Å². The van der Waals surface area contributed by atoms with Gasteiger partial charge in [-0.05, 0) is 44.5 Å². The summed E-state index contributed by atoms with van der Waals surface area (Å²) in [6.45, 7) is 0. The number of hydrogen-bond donors (Lipinski definition) is 2. The summed E-state index contributed by atoms with van der Waals surface area (Å²) in [4.78, 5) is 0. The molecule has 0 aromatic heterocycles. The van der Waals surface area contributed by atoms with E-state index in [0.717, 1.165) is 11.1 Å². The second-order valence-corrected chi connectivity index (χ2v) is 6.93. The Kier molecular flexibility index (Phi) is 4.04. The molecule has 0 aliphatic carbocycles. The fourth-order valence-corrected chi connectivity index (χ4v) is 4.07. The topological polar surface area (TPSA) is 38.0 Å². The van der Waals surface area contributed by atoms with Gasteiger partial charge in [-0.15, -0.1) is 0 Å². The second-order valence-electron chi connectivity index (χ2n) is 6.93. The van der Waals surface area contributed by atoms with Gasteiger partial charge in [0.1, 0.15) is 0 Å². The zero-order chi connectivity index (χ0) is 18.9. The summed E-state index contributed by atoms with van der Waals surface area (Å²) in [6.07, 6.45) is 0. The first kappa shape index (κ1) is 16.5. The normalized spacial score (nSPS) is 11.0. The van der Waals surface area contributed by atoms with Gasteiger partial charge >= 0.3 is 0 Å². The number of benzene rings is 5. The van der Waals surface area contributed by atoms with Crippen LogP contribution in [0.15, 0.2) is 103 Å². The Morgan fingerprint density at radius 1 is 0.500 bits per heavy atom. The molecule has 2 heteroatoms. The van der Waals surface area contributed by atoms with Gasteiger partial charge in [-0.25, -0.2) is 0 Å². The zero-order valence-electron chi connectivity index (χ0n) is 15.4. The molecule has 28 heavy (non-hydrogen) atoms. The molecule has 134 valence electrons. The average Bonchev–Trinajstić information content (AvgIpc) is 2.78. The molecule has 5 aromatic carbocycles. The van der Waals surface area contributed by atoms with Crippen LogP contribution in [0.5, 0.6) is 0 Å². The van der Waals surface area contributed by atoms with E-state index in [1.165, 1.54) is 38.4 Å². The van der Waals surface area contributed by atoms with Crippen LogP contribution in [0.25, 0.3) is 43.8 Å². The van der Waals surface area contributed by atoms with Crippen LogP contribution in [-0.4, -0.2) is 0 Å². The number of rotatable bonds is 3. The summed E-state index contributed by atoms with van der Waals surface area (Å²) in [7, 11) is 0. The molecule has 0 atom stereocenters. The van der Waals surface area contributed by atoms with Crippen LogP contribution in [-0.2, 0) is 0 Å². The number of fused-ring (bicyclic) bond motifs is 3. The Morgan fingerprint density at radius 3 is 1.75 bits per heavy atom. The summed E-state index contributed by atoms with van der Waals surface area (Å²) in [5, 5.41) is 4.75. The molecule has 0 saturated carbocycles. The van der Waals surface area contributed by atoms with E-state index in [-0.39, 0.29) is 0 Å². The first-order chi connectivity index (χ1) is 13.9. The average molecular weight is 360 g/mol. The third-order valence-electron chi connectivity index (χ3n) is 5.34. The molecule has 0 saturated heterocycles. The highest BCUT2D eigenvalue weighted by Crippen LogP contribution is 2.42. The fourth-order valence-electron chi connectivity index (χ4n) is 4.07. The Labute approximate surface area is 164 Å². The van der Waals surface area contributed by atoms with Crippen molar-refractivity contribution in [3.63, 3.8) is 0 Å². The smallest absolute Gasteiger partial charge is 0.0570 e. The number of anilines is 1. The summed E-state index contributed by atoms with van der Waals surface area (Å²) in [6, 6.07) is 36.2. The van der Waals surface area contributed by atoms with E-state index in [4.69, 9.17) is 5.84 Å². The summed E-state index contributed by atoms with van der Waals surface area (Å²) >= 11 is 0. The molecule has 0 fully saturated rings. The number of nitrogens with two attached hydrogens (primary N) is 1. The van der Waals surface area contributed by atoms with Crippen molar-refractivity contribution in [2.75, 3.05) is 5.43 Å². The molecule has 5 rings (SSSR count). The number of nitrogen functional groups attached to an aromatic ring is 1. The Bertz CT molecular complexity index is 1280. The lowest BCUT2D eigenvalue weighted by Gasteiger charge is -2.17. The molecule has 0 unspecified atom stereocenters. The maximum atomic E-state index is 5.89. The van der Waals surface area contributed by atoms with Crippen molar-refractivity contribution in [3.8, 4) is 22.3 Å². The van der Waals surface area contributed by atoms with Crippen molar-refractivity contribution in [1.82, 2.24) is 0 Å². The molecule has 0 aliphatic rings. The summed E-state index contributed by atoms with van der Waals surface area (Å²) in [5.74, 6) is 5.89. The molecule has 0 bridgehead atoms. The minimum Gasteiger partial charge on any atom is -0.323 e. The number of nitrogens with one attached hydrogen (secondary N) is 1. The molecule has 2 nitrogen and oxygen atoms in total. The van der Waals surface area contributed by atoms with Gasteiger partial charge in [0.15, 0.2) is 0 Å². The SMILES string of the molecule is NNc1cc2c(-c3ccccc3)c(-c3ccccc3)ccc2c2ccccc12. The largest absolute Gasteiger partial charge is 0.323 e. The summed E-state index contributed by atoms with van der Waals surface area (Å²) < 4.78 is 0. The lowest BCUT2D eigenvalue weighted by Crippen LogP contribution is -2.07. The Balaban J connectivity index is 1.96. The van der Waals surface area contributed by atoms with Gasteiger partial charge in [-0.2, -0.15) is 0 Å². The van der Waals surface area contributed by atoms with E-state index in [9.17, 15) is 0 Å². The third-order valence-corrected chi connectivity index (χ3v) is 5.34. The highest BCUT2D eigenvalue weighted by atomic mass is 15.2. The molecule has 5 aromatic rings. The van der Waals surface area contributed by atoms with E-state index in [1.807, 2.05) is 6.07 Å². The zero-order valence-corrected chi connectivity index (χ0v) is 15.4. The molecule has 0 aliphatic heterocycles. The van der Waals surface area contributed by atoms with Gasteiger partial charge in [0.05, 0.1) is 5.69 Å². The van der Waals surface area contributed by atoms with Crippen molar-refractivity contribution < 1.29 is 0 Å². The fraction of sp³-hybridized carbons (Fsp3) is 0. The molecule has 0 heterocycles. The molecule has 0 amide bonds. The van der Waals surface area contributed by atoms with Crippen molar-refractivity contribution >= 4 is 27.2 Å². The van der Waals surface area contributed by atoms with E-state index in [1.54, 1.807) is 0 Å². The van der Waals surface area contributed by atoms with Gasteiger partial charge in [-0.1, -0.05) is 97.1 Å². The Morgan fingerprint density at radius 2 is 1.07 bits per heavy atom. The van der Waals surface area contributed by atoms with Crippen LogP contribution in [0.1, 0.15) is 0 Å². The van der Waals surface area contributed by atoms with Crippen LogP contribution < -0.4 is 11.3 Å². The monoisotopic (exact) mass is 360 g/mol. The second kappa shape index (κ2) is 6.84. The predicted octanol–water partition coefficient (Wildman–Crippen LogP) is 6.61. The molecule has 3 N–H and O–H groups in total. The third kappa shape index (κ3) is 2.63. The van der Waals surface area contributed by atoms with Crippen LogP contribution in [0.4, 0.5) is 5.69 Å². The van der Waals surface area contributed by atoms with Gasteiger partial charge in [0.2, 0.25) is 0 Å².